The van der Waals surface area contributed by atoms with Crippen LogP contribution >= 0.6 is 11.8 Å². The third-order valence-corrected chi connectivity index (χ3v) is 5.47. The van der Waals surface area contributed by atoms with Crippen molar-refractivity contribution in [3.63, 3.8) is 0 Å². The molecule has 3 aromatic rings. The molecule has 0 bridgehead atoms. The van der Waals surface area contributed by atoms with Crippen molar-refractivity contribution < 1.29 is 17.9 Å². The molecule has 0 amide bonds. The van der Waals surface area contributed by atoms with Crippen LogP contribution in [0.25, 0.3) is 10.9 Å². The van der Waals surface area contributed by atoms with E-state index in [0.717, 1.165) is 12.1 Å². The molecule has 4 nitrogen and oxygen atoms in total. The molecular weight excluding hydrogens is 413 g/mol. The van der Waals surface area contributed by atoms with Gasteiger partial charge in [0.05, 0.1) is 22.6 Å². The van der Waals surface area contributed by atoms with Gasteiger partial charge in [-0.1, -0.05) is 42.1 Å². The first-order valence-electron chi connectivity index (χ1n) is 9.66. The normalized spacial score (nSPS) is 12.1. The summed E-state index contributed by atoms with van der Waals surface area (Å²) in [5.41, 5.74) is 0.252. The van der Waals surface area contributed by atoms with Gasteiger partial charge in [0.25, 0.3) is 5.56 Å². The summed E-state index contributed by atoms with van der Waals surface area (Å²) in [6.45, 7) is 4.82. The van der Waals surface area contributed by atoms with Crippen molar-refractivity contribution in [2.24, 2.45) is 0 Å². The number of fused-ring (bicyclic) bond motifs is 1. The quantitative estimate of drug-likeness (QED) is 0.265. The smallest absolute Gasteiger partial charge is 0.379 e. The molecule has 0 spiro atoms. The predicted molar refractivity (Wildman–Crippen MR) is 113 cm³/mol. The maximum absolute atomic E-state index is 13.0. The molecule has 30 heavy (non-hydrogen) atoms. The van der Waals surface area contributed by atoms with Crippen LogP contribution in [0.15, 0.2) is 58.5 Å². The summed E-state index contributed by atoms with van der Waals surface area (Å²) in [4.78, 5) is 17.6. The van der Waals surface area contributed by atoms with E-state index in [9.17, 15) is 18.0 Å². The van der Waals surface area contributed by atoms with E-state index in [1.54, 1.807) is 34.9 Å². The van der Waals surface area contributed by atoms with Crippen molar-refractivity contribution in [3.05, 3.63) is 70.0 Å². The molecule has 0 radical (unpaired) electrons. The van der Waals surface area contributed by atoms with Crippen LogP contribution in [-0.2, 0) is 23.2 Å². The van der Waals surface area contributed by atoms with Crippen molar-refractivity contribution in [1.82, 2.24) is 9.55 Å². The Hall–Kier alpha value is -2.32. The van der Waals surface area contributed by atoms with Crippen molar-refractivity contribution in [3.8, 4) is 0 Å². The third-order valence-electron chi connectivity index (χ3n) is 4.43. The van der Waals surface area contributed by atoms with E-state index in [1.807, 2.05) is 13.8 Å². The van der Waals surface area contributed by atoms with Crippen molar-refractivity contribution in [1.29, 1.82) is 0 Å². The lowest BCUT2D eigenvalue weighted by atomic mass is 10.1. The SMILES string of the molecule is CC(C)OCCCn1c(SCc2cccc(C(F)(F)F)c2)nc2ccccc2c1=O. The van der Waals surface area contributed by atoms with Gasteiger partial charge in [-0.25, -0.2) is 4.98 Å². The fourth-order valence-corrected chi connectivity index (χ4v) is 3.95. The zero-order chi connectivity index (χ0) is 21.7. The summed E-state index contributed by atoms with van der Waals surface area (Å²) in [6, 6.07) is 12.3. The highest BCUT2D eigenvalue weighted by Crippen LogP contribution is 2.31. The summed E-state index contributed by atoms with van der Waals surface area (Å²) in [7, 11) is 0. The van der Waals surface area contributed by atoms with E-state index >= 15 is 0 Å². The van der Waals surface area contributed by atoms with Crippen LogP contribution in [0.3, 0.4) is 0 Å². The number of hydrogen-bond donors (Lipinski definition) is 0. The molecule has 0 aliphatic carbocycles. The van der Waals surface area contributed by atoms with Crippen LogP contribution in [0.5, 0.6) is 0 Å². The minimum atomic E-state index is -4.39. The second-order valence-electron chi connectivity index (χ2n) is 7.13. The van der Waals surface area contributed by atoms with Crippen LogP contribution in [0.4, 0.5) is 13.2 Å². The molecule has 0 saturated heterocycles. The van der Waals surface area contributed by atoms with Crippen molar-refractivity contribution in [2.45, 2.75) is 50.0 Å². The number of aromatic nitrogens is 2. The number of thioether (sulfide) groups is 1. The summed E-state index contributed by atoms with van der Waals surface area (Å²) >= 11 is 1.26. The van der Waals surface area contributed by atoms with Gasteiger partial charge in [-0.3, -0.25) is 9.36 Å². The highest BCUT2D eigenvalue weighted by molar-refractivity contribution is 7.98. The number of halogens is 3. The molecule has 0 N–H and O–H groups in total. The lowest BCUT2D eigenvalue weighted by Crippen LogP contribution is -2.24. The van der Waals surface area contributed by atoms with Gasteiger partial charge in [0.1, 0.15) is 0 Å². The molecule has 160 valence electrons. The largest absolute Gasteiger partial charge is 0.416 e. The van der Waals surface area contributed by atoms with Crippen LogP contribution in [0, 0.1) is 0 Å². The topological polar surface area (TPSA) is 44.1 Å². The Bertz CT molecular complexity index is 1060. The van der Waals surface area contributed by atoms with Gasteiger partial charge in [-0.15, -0.1) is 0 Å². The fourth-order valence-electron chi connectivity index (χ4n) is 2.98. The minimum Gasteiger partial charge on any atom is -0.379 e. The highest BCUT2D eigenvalue weighted by atomic mass is 32.2. The Morgan fingerprint density at radius 2 is 1.90 bits per heavy atom. The zero-order valence-electron chi connectivity index (χ0n) is 16.8. The van der Waals surface area contributed by atoms with E-state index in [2.05, 4.69) is 4.98 Å². The Labute approximate surface area is 177 Å². The molecule has 0 aliphatic heterocycles. The summed E-state index contributed by atoms with van der Waals surface area (Å²) in [5.74, 6) is 0.275. The molecule has 2 aromatic carbocycles. The Morgan fingerprint density at radius 1 is 1.13 bits per heavy atom. The fraction of sp³-hybridized carbons (Fsp3) is 0.364. The van der Waals surface area contributed by atoms with E-state index in [0.29, 0.717) is 41.2 Å². The third kappa shape index (κ3) is 5.64. The van der Waals surface area contributed by atoms with Crippen molar-refractivity contribution in [2.75, 3.05) is 6.61 Å². The first-order valence-corrected chi connectivity index (χ1v) is 10.6. The Balaban J connectivity index is 1.86. The van der Waals surface area contributed by atoms with Crippen LogP contribution in [0.1, 0.15) is 31.4 Å². The Morgan fingerprint density at radius 3 is 2.63 bits per heavy atom. The van der Waals surface area contributed by atoms with E-state index in [-0.39, 0.29) is 17.4 Å². The van der Waals surface area contributed by atoms with E-state index in [1.165, 1.54) is 17.8 Å². The number of benzene rings is 2. The van der Waals surface area contributed by atoms with Crippen LogP contribution < -0.4 is 5.56 Å². The van der Waals surface area contributed by atoms with Crippen LogP contribution in [-0.4, -0.2) is 22.3 Å². The molecule has 1 aromatic heterocycles. The summed E-state index contributed by atoms with van der Waals surface area (Å²) in [6.07, 6.45) is -3.65. The maximum Gasteiger partial charge on any atom is 0.416 e. The predicted octanol–water partition coefficient (Wildman–Crippen LogP) is 5.52. The second kappa shape index (κ2) is 9.66. The van der Waals surface area contributed by atoms with Gasteiger partial charge >= 0.3 is 6.18 Å². The average Bonchev–Trinajstić information content (AvgIpc) is 2.70. The highest BCUT2D eigenvalue weighted by Gasteiger charge is 2.30. The first-order chi connectivity index (χ1) is 14.3. The zero-order valence-corrected chi connectivity index (χ0v) is 17.6. The van der Waals surface area contributed by atoms with Gasteiger partial charge < -0.3 is 4.74 Å². The van der Waals surface area contributed by atoms with Gasteiger partial charge in [0.2, 0.25) is 0 Å². The van der Waals surface area contributed by atoms with E-state index < -0.39 is 11.7 Å². The number of ether oxygens (including phenoxy) is 1. The molecule has 8 heteroatoms. The first kappa shape index (κ1) is 22.4. The number of hydrogen-bond acceptors (Lipinski definition) is 4. The molecule has 3 rings (SSSR count). The molecule has 1 heterocycles. The monoisotopic (exact) mass is 436 g/mol. The average molecular weight is 436 g/mol. The Kier molecular flexibility index (Phi) is 7.20. The number of alkyl halides is 3. The second-order valence-corrected chi connectivity index (χ2v) is 8.07. The summed E-state index contributed by atoms with van der Waals surface area (Å²) < 4.78 is 46.1. The molecule has 0 fully saturated rings. The van der Waals surface area contributed by atoms with Crippen LogP contribution in [0.2, 0.25) is 0 Å². The molecule has 0 atom stereocenters. The number of rotatable bonds is 8. The molecule has 0 unspecified atom stereocenters. The van der Waals surface area contributed by atoms with Gasteiger partial charge in [-0.05, 0) is 44.0 Å². The van der Waals surface area contributed by atoms with Gasteiger partial charge in [0, 0.05) is 18.9 Å². The molecule has 0 aliphatic rings. The van der Waals surface area contributed by atoms with Gasteiger partial charge in [-0.2, -0.15) is 13.2 Å². The number of nitrogens with zero attached hydrogens (tertiary/aromatic N) is 2. The lowest BCUT2D eigenvalue weighted by molar-refractivity contribution is -0.137. The maximum atomic E-state index is 13.0. The van der Waals surface area contributed by atoms with Crippen molar-refractivity contribution >= 4 is 22.7 Å². The molecular formula is C22H23F3N2O2S. The number of para-hydroxylation sites is 1. The minimum absolute atomic E-state index is 0.103. The molecule has 0 saturated carbocycles. The van der Waals surface area contributed by atoms with E-state index in [4.69, 9.17) is 4.74 Å². The van der Waals surface area contributed by atoms with Gasteiger partial charge in [0.15, 0.2) is 5.16 Å². The summed E-state index contributed by atoms with van der Waals surface area (Å²) in [5, 5.41) is 1.01. The standard InChI is InChI=1S/C22H23F3N2O2S/c1-15(2)29-12-6-11-27-20(28)18-9-3-4-10-19(18)26-21(27)30-14-16-7-5-8-17(13-16)22(23,24)25/h3-5,7-10,13,15H,6,11-12,14H2,1-2H3. The lowest BCUT2D eigenvalue weighted by Gasteiger charge is -2.14.